The van der Waals surface area contributed by atoms with Gasteiger partial charge in [0.1, 0.15) is 5.88 Å². The van der Waals surface area contributed by atoms with Gasteiger partial charge in [-0.3, -0.25) is 10.1 Å². The van der Waals surface area contributed by atoms with Crippen molar-refractivity contribution in [3.05, 3.63) is 25.6 Å². The highest BCUT2D eigenvalue weighted by Crippen LogP contribution is 2.34. The smallest absolute Gasteiger partial charge is 0.305 e. The Bertz CT molecular complexity index is 445. The monoisotopic (exact) mass is 446 g/mol. The van der Waals surface area contributed by atoms with Crippen LogP contribution in [0.15, 0.2) is 25.6 Å². The highest BCUT2D eigenvalue weighted by molar-refractivity contribution is 9.11. The summed E-state index contributed by atoms with van der Waals surface area (Å²) in [6.45, 7) is 0. The molecule has 0 saturated carbocycles. The fourth-order valence-corrected chi connectivity index (χ4v) is 3.49. The lowest BCUT2D eigenvalue weighted by Crippen LogP contribution is -2.35. The fraction of sp³-hybridized carbons (Fsp3) is 0.111. The van der Waals surface area contributed by atoms with E-state index in [0.717, 1.165) is 4.47 Å². The molecule has 3 amide bonds. The molecule has 0 atom stereocenters. The third-order valence-electron chi connectivity index (χ3n) is 1.62. The van der Waals surface area contributed by atoms with Crippen LogP contribution in [0.1, 0.15) is 0 Å². The predicted octanol–water partition coefficient (Wildman–Crippen LogP) is 3.86. The van der Waals surface area contributed by atoms with Gasteiger partial charge in [-0.25, -0.2) is 4.79 Å². The standard InChI is InChI=1S/C9H6Br3ClN2O2/c10-4-1-5(11)8(6(12)2-4)15-9(17)14-7(16)3-13/h1-2H,3H2,(H2,14,15,16,17). The second-order valence-electron chi connectivity index (χ2n) is 2.88. The first-order chi connectivity index (χ1) is 7.93. The molecule has 1 aromatic carbocycles. The number of carbonyl (C=O) groups excluding carboxylic acids is 2. The molecule has 0 aromatic heterocycles. The first-order valence-corrected chi connectivity index (χ1v) is 7.16. The van der Waals surface area contributed by atoms with E-state index in [0.29, 0.717) is 14.6 Å². The van der Waals surface area contributed by atoms with Gasteiger partial charge >= 0.3 is 6.03 Å². The molecule has 0 spiro atoms. The van der Waals surface area contributed by atoms with Gasteiger partial charge < -0.3 is 5.32 Å². The lowest BCUT2D eigenvalue weighted by Gasteiger charge is -2.10. The topological polar surface area (TPSA) is 58.2 Å². The fourth-order valence-electron chi connectivity index (χ4n) is 0.966. The summed E-state index contributed by atoms with van der Waals surface area (Å²) in [5.41, 5.74) is 0.521. The predicted molar refractivity (Wildman–Crippen MR) is 77.4 cm³/mol. The van der Waals surface area contributed by atoms with Crippen molar-refractivity contribution >= 4 is 77.0 Å². The number of imide groups is 1. The first kappa shape index (κ1) is 14.9. The second-order valence-corrected chi connectivity index (χ2v) is 5.77. The van der Waals surface area contributed by atoms with Crippen molar-refractivity contribution in [1.29, 1.82) is 0 Å². The minimum absolute atomic E-state index is 0.268. The Labute approximate surface area is 128 Å². The lowest BCUT2D eigenvalue weighted by molar-refractivity contribution is -0.117. The molecule has 0 bridgehead atoms. The highest BCUT2D eigenvalue weighted by atomic mass is 79.9. The largest absolute Gasteiger partial charge is 0.325 e. The number of carbonyl (C=O) groups is 2. The third kappa shape index (κ3) is 4.57. The normalized spacial score (nSPS) is 9.88. The summed E-state index contributed by atoms with van der Waals surface area (Å²) in [7, 11) is 0. The number of amides is 3. The van der Waals surface area contributed by atoms with E-state index in [4.69, 9.17) is 11.6 Å². The quantitative estimate of drug-likeness (QED) is 0.674. The van der Waals surface area contributed by atoms with Gasteiger partial charge in [0.2, 0.25) is 5.91 Å². The van der Waals surface area contributed by atoms with Crippen molar-refractivity contribution in [2.24, 2.45) is 0 Å². The molecule has 0 aliphatic carbocycles. The van der Waals surface area contributed by atoms with Crippen LogP contribution in [-0.2, 0) is 4.79 Å². The number of halogens is 4. The summed E-state index contributed by atoms with van der Waals surface area (Å²) in [5.74, 6) is -0.829. The number of hydrogen-bond donors (Lipinski definition) is 2. The maximum atomic E-state index is 11.4. The number of alkyl halides is 1. The first-order valence-electron chi connectivity index (χ1n) is 4.25. The summed E-state index contributed by atoms with van der Waals surface area (Å²) in [6.07, 6.45) is 0. The zero-order valence-corrected chi connectivity index (χ0v) is 13.7. The van der Waals surface area contributed by atoms with Gasteiger partial charge in [-0.1, -0.05) is 15.9 Å². The Hall–Kier alpha value is -0.110. The van der Waals surface area contributed by atoms with Crippen LogP contribution < -0.4 is 10.6 Å². The molecule has 0 heterocycles. The second kappa shape index (κ2) is 6.72. The van der Waals surface area contributed by atoms with Gasteiger partial charge in [-0.2, -0.15) is 0 Å². The number of hydrogen-bond acceptors (Lipinski definition) is 2. The summed E-state index contributed by atoms with van der Waals surface area (Å²) < 4.78 is 2.19. The van der Waals surface area contributed by atoms with Crippen LogP contribution in [0.2, 0.25) is 0 Å². The van der Waals surface area contributed by atoms with Gasteiger partial charge in [0.15, 0.2) is 0 Å². The van der Waals surface area contributed by atoms with E-state index < -0.39 is 11.9 Å². The van der Waals surface area contributed by atoms with Crippen molar-refractivity contribution < 1.29 is 9.59 Å². The molecule has 1 rings (SSSR count). The molecule has 0 aliphatic rings. The highest BCUT2D eigenvalue weighted by Gasteiger charge is 2.12. The summed E-state index contributed by atoms with van der Waals surface area (Å²) in [5, 5.41) is 4.60. The molecule has 0 radical (unpaired) electrons. The molecule has 2 N–H and O–H groups in total. The molecule has 8 heteroatoms. The van der Waals surface area contributed by atoms with Crippen molar-refractivity contribution in [1.82, 2.24) is 5.32 Å². The minimum atomic E-state index is -0.639. The van der Waals surface area contributed by atoms with Gasteiger partial charge in [0.25, 0.3) is 0 Å². The van der Waals surface area contributed by atoms with Crippen molar-refractivity contribution in [3.63, 3.8) is 0 Å². The van der Waals surface area contributed by atoms with Crippen LogP contribution in [0, 0.1) is 0 Å². The zero-order valence-electron chi connectivity index (χ0n) is 8.19. The third-order valence-corrected chi connectivity index (χ3v) is 3.57. The average molecular weight is 449 g/mol. The summed E-state index contributed by atoms with van der Waals surface area (Å²) in [4.78, 5) is 22.3. The van der Waals surface area contributed by atoms with Gasteiger partial charge in [0.05, 0.1) is 5.69 Å². The molecule has 0 saturated heterocycles. The van der Waals surface area contributed by atoms with E-state index in [2.05, 4.69) is 58.4 Å². The SMILES string of the molecule is O=C(CCl)NC(=O)Nc1c(Br)cc(Br)cc1Br. The van der Waals surface area contributed by atoms with Crippen LogP contribution in [0.5, 0.6) is 0 Å². The molecule has 0 unspecified atom stereocenters. The molecule has 0 fully saturated rings. The Morgan fingerprint density at radius 3 is 2.18 bits per heavy atom. The molecule has 4 nitrogen and oxygen atoms in total. The van der Waals surface area contributed by atoms with E-state index in [-0.39, 0.29) is 5.88 Å². The summed E-state index contributed by atoms with van der Waals surface area (Å²) in [6, 6.07) is 2.90. The zero-order chi connectivity index (χ0) is 13.0. The van der Waals surface area contributed by atoms with E-state index in [1.807, 2.05) is 0 Å². The van der Waals surface area contributed by atoms with E-state index in [1.54, 1.807) is 12.1 Å². The van der Waals surface area contributed by atoms with Crippen molar-refractivity contribution in [2.45, 2.75) is 0 Å². The van der Waals surface area contributed by atoms with Gasteiger partial charge in [0, 0.05) is 13.4 Å². The maximum Gasteiger partial charge on any atom is 0.325 e. The average Bonchev–Trinajstić information content (AvgIpc) is 2.23. The Morgan fingerprint density at radius 1 is 1.18 bits per heavy atom. The molecule has 0 aliphatic heterocycles. The molecule has 17 heavy (non-hydrogen) atoms. The number of anilines is 1. The van der Waals surface area contributed by atoms with E-state index >= 15 is 0 Å². The number of nitrogens with one attached hydrogen (secondary N) is 2. The van der Waals surface area contributed by atoms with Crippen LogP contribution in [0.25, 0.3) is 0 Å². The number of rotatable bonds is 2. The Morgan fingerprint density at radius 2 is 1.71 bits per heavy atom. The van der Waals surface area contributed by atoms with Gasteiger partial charge in [-0.05, 0) is 44.0 Å². The molecular formula is C9H6Br3ClN2O2. The Kier molecular flexibility index (Phi) is 5.91. The minimum Gasteiger partial charge on any atom is -0.305 e. The van der Waals surface area contributed by atoms with Gasteiger partial charge in [-0.15, -0.1) is 11.6 Å². The van der Waals surface area contributed by atoms with Crippen molar-refractivity contribution in [2.75, 3.05) is 11.2 Å². The molecule has 92 valence electrons. The Balaban J connectivity index is 2.82. The van der Waals surface area contributed by atoms with E-state index in [1.165, 1.54) is 0 Å². The lowest BCUT2D eigenvalue weighted by atomic mass is 10.3. The molecular weight excluding hydrogens is 443 g/mol. The van der Waals surface area contributed by atoms with Crippen LogP contribution >= 0.6 is 59.4 Å². The van der Waals surface area contributed by atoms with Crippen LogP contribution in [0.3, 0.4) is 0 Å². The maximum absolute atomic E-state index is 11.4. The van der Waals surface area contributed by atoms with Crippen LogP contribution in [0.4, 0.5) is 10.5 Å². The van der Waals surface area contributed by atoms with Crippen LogP contribution in [-0.4, -0.2) is 17.8 Å². The molecule has 1 aromatic rings. The number of urea groups is 1. The van der Waals surface area contributed by atoms with Crippen molar-refractivity contribution in [3.8, 4) is 0 Å². The number of benzene rings is 1. The summed E-state index contributed by atoms with van der Waals surface area (Å²) >= 11 is 15.2. The van der Waals surface area contributed by atoms with E-state index in [9.17, 15) is 9.59 Å².